The second kappa shape index (κ2) is 5.62. The molecule has 1 heterocycles. The van der Waals surface area contributed by atoms with E-state index in [1.165, 1.54) is 12.1 Å². The van der Waals surface area contributed by atoms with Gasteiger partial charge in [0.1, 0.15) is 11.6 Å². The average molecular weight is 251 g/mol. The van der Waals surface area contributed by atoms with E-state index >= 15 is 0 Å². The summed E-state index contributed by atoms with van der Waals surface area (Å²) >= 11 is 0. The van der Waals surface area contributed by atoms with E-state index in [1.807, 2.05) is 10.7 Å². The van der Waals surface area contributed by atoms with Gasteiger partial charge in [0.15, 0.2) is 0 Å². The smallest absolute Gasteiger partial charge is 0.128 e. The van der Waals surface area contributed by atoms with Crippen LogP contribution in [0.25, 0.3) is 0 Å². The van der Waals surface area contributed by atoms with Crippen molar-refractivity contribution in [3.05, 3.63) is 47.8 Å². The van der Waals surface area contributed by atoms with E-state index < -0.39 is 11.6 Å². The molecule has 0 atom stereocenters. The van der Waals surface area contributed by atoms with Crippen LogP contribution in [0.2, 0.25) is 0 Å². The standard InChI is InChI=1S/C13H15F2N3/c1-2-5-18-13(3-4-17-18)9-16-12-7-10(14)6-11(15)8-12/h3-4,6-8,16H,2,5,9H2,1H3. The number of anilines is 1. The highest BCUT2D eigenvalue weighted by Gasteiger charge is 2.03. The summed E-state index contributed by atoms with van der Waals surface area (Å²) in [4.78, 5) is 0. The maximum atomic E-state index is 13.0. The van der Waals surface area contributed by atoms with E-state index in [9.17, 15) is 8.78 Å². The van der Waals surface area contributed by atoms with Gasteiger partial charge in [0.05, 0.1) is 12.2 Å². The molecule has 1 N–H and O–H groups in total. The van der Waals surface area contributed by atoms with E-state index in [2.05, 4.69) is 17.3 Å². The zero-order chi connectivity index (χ0) is 13.0. The first-order chi connectivity index (χ1) is 8.69. The summed E-state index contributed by atoms with van der Waals surface area (Å²) in [5.41, 5.74) is 1.42. The highest BCUT2D eigenvalue weighted by atomic mass is 19.1. The summed E-state index contributed by atoms with van der Waals surface area (Å²) in [5, 5.41) is 7.17. The topological polar surface area (TPSA) is 29.9 Å². The molecule has 1 aromatic heterocycles. The summed E-state index contributed by atoms with van der Waals surface area (Å²) in [6.07, 6.45) is 2.71. The summed E-state index contributed by atoms with van der Waals surface area (Å²) < 4.78 is 27.9. The van der Waals surface area contributed by atoms with Crippen molar-refractivity contribution in [1.82, 2.24) is 9.78 Å². The van der Waals surface area contributed by atoms with Crippen molar-refractivity contribution >= 4 is 5.69 Å². The van der Waals surface area contributed by atoms with Crippen molar-refractivity contribution in [2.45, 2.75) is 26.4 Å². The van der Waals surface area contributed by atoms with Crippen LogP contribution in [0.5, 0.6) is 0 Å². The lowest BCUT2D eigenvalue weighted by molar-refractivity contribution is 0.576. The summed E-state index contributed by atoms with van der Waals surface area (Å²) in [6, 6.07) is 5.28. The Hall–Kier alpha value is -1.91. The summed E-state index contributed by atoms with van der Waals surface area (Å²) in [6.45, 7) is 3.39. The van der Waals surface area contributed by atoms with E-state index in [4.69, 9.17) is 0 Å². The molecule has 0 saturated heterocycles. The lowest BCUT2D eigenvalue weighted by atomic mass is 10.3. The van der Waals surface area contributed by atoms with Gasteiger partial charge in [0.2, 0.25) is 0 Å². The van der Waals surface area contributed by atoms with Gasteiger partial charge in [-0.05, 0) is 24.6 Å². The molecule has 18 heavy (non-hydrogen) atoms. The van der Waals surface area contributed by atoms with E-state index in [1.54, 1.807) is 6.20 Å². The van der Waals surface area contributed by atoms with Crippen LogP contribution in [0, 0.1) is 11.6 Å². The predicted octanol–water partition coefficient (Wildman–Crippen LogP) is 3.18. The third-order valence-corrected chi connectivity index (χ3v) is 2.58. The average Bonchev–Trinajstić information content (AvgIpc) is 2.73. The zero-order valence-corrected chi connectivity index (χ0v) is 10.2. The molecule has 96 valence electrons. The molecule has 2 rings (SSSR count). The lowest BCUT2D eigenvalue weighted by Gasteiger charge is -2.09. The van der Waals surface area contributed by atoms with Crippen LogP contribution in [0.15, 0.2) is 30.5 Å². The van der Waals surface area contributed by atoms with E-state index in [0.29, 0.717) is 12.2 Å². The van der Waals surface area contributed by atoms with Gasteiger partial charge in [-0.15, -0.1) is 0 Å². The SMILES string of the molecule is CCCn1nccc1CNc1cc(F)cc(F)c1. The van der Waals surface area contributed by atoms with Gasteiger partial charge >= 0.3 is 0 Å². The Morgan fingerprint density at radius 3 is 2.61 bits per heavy atom. The fraction of sp³-hybridized carbons (Fsp3) is 0.308. The predicted molar refractivity (Wildman–Crippen MR) is 66.2 cm³/mol. The van der Waals surface area contributed by atoms with Gasteiger partial charge in [-0.2, -0.15) is 5.10 Å². The second-order valence-corrected chi connectivity index (χ2v) is 4.06. The van der Waals surface area contributed by atoms with Crippen LogP contribution in [0.3, 0.4) is 0 Å². The van der Waals surface area contributed by atoms with Crippen molar-refractivity contribution in [3.8, 4) is 0 Å². The van der Waals surface area contributed by atoms with Crippen LogP contribution < -0.4 is 5.32 Å². The first-order valence-electron chi connectivity index (χ1n) is 5.89. The molecule has 0 spiro atoms. The van der Waals surface area contributed by atoms with Crippen molar-refractivity contribution in [2.75, 3.05) is 5.32 Å². The lowest BCUT2D eigenvalue weighted by Crippen LogP contribution is -2.09. The van der Waals surface area contributed by atoms with Crippen molar-refractivity contribution in [3.63, 3.8) is 0 Å². The quantitative estimate of drug-likeness (QED) is 0.884. The molecule has 0 aliphatic heterocycles. The maximum Gasteiger partial charge on any atom is 0.128 e. The van der Waals surface area contributed by atoms with Crippen LogP contribution in [-0.4, -0.2) is 9.78 Å². The Morgan fingerprint density at radius 1 is 1.22 bits per heavy atom. The van der Waals surface area contributed by atoms with E-state index in [-0.39, 0.29) is 0 Å². The Kier molecular flexibility index (Phi) is 3.92. The molecule has 0 unspecified atom stereocenters. The van der Waals surface area contributed by atoms with Crippen molar-refractivity contribution in [2.24, 2.45) is 0 Å². The zero-order valence-electron chi connectivity index (χ0n) is 10.2. The van der Waals surface area contributed by atoms with Gasteiger partial charge in [-0.25, -0.2) is 8.78 Å². The monoisotopic (exact) mass is 251 g/mol. The van der Waals surface area contributed by atoms with Crippen molar-refractivity contribution in [1.29, 1.82) is 0 Å². The fourth-order valence-corrected chi connectivity index (χ4v) is 1.77. The minimum absolute atomic E-state index is 0.428. The second-order valence-electron chi connectivity index (χ2n) is 4.06. The van der Waals surface area contributed by atoms with Crippen LogP contribution in [-0.2, 0) is 13.1 Å². The Labute approximate surface area is 104 Å². The van der Waals surface area contributed by atoms with Gasteiger partial charge < -0.3 is 5.32 Å². The fourth-order valence-electron chi connectivity index (χ4n) is 1.77. The molecule has 1 aromatic carbocycles. The third kappa shape index (κ3) is 3.06. The summed E-state index contributed by atoms with van der Waals surface area (Å²) in [7, 11) is 0. The molecule has 3 nitrogen and oxygen atoms in total. The molecule has 0 fully saturated rings. The summed E-state index contributed by atoms with van der Waals surface area (Å²) in [5.74, 6) is -1.17. The molecule has 0 saturated carbocycles. The minimum Gasteiger partial charge on any atom is -0.379 e. The molecule has 0 aliphatic carbocycles. The number of benzene rings is 1. The molecular weight excluding hydrogens is 236 g/mol. The first kappa shape index (κ1) is 12.5. The number of hydrogen-bond acceptors (Lipinski definition) is 2. The van der Waals surface area contributed by atoms with Crippen molar-refractivity contribution < 1.29 is 8.78 Å². The molecule has 5 heteroatoms. The molecular formula is C13H15F2N3. The third-order valence-electron chi connectivity index (χ3n) is 2.58. The largest absolute Gasteiger partial charge is 0.379 e. The molecule has 2 aromatic rings. The molecule has 0 amide bonds. The molecule has 0 radical (unpaired) electrons. The van der Waals surface area contributed by atoms with Crippen LogP contribution >= 0.6 is 0 Å². The maximum absolute atomic E-state index is 13.0. The van der Waals surface area contributed by atoms with Gasteiger partial charge in [-0.3, -0.25) is 4.68 Å². The van der Waals surface area contributed by atoms with Gasteiger partial charge in [0.25, 0.3) is 0 Å². The first-order valence-corrected chi connectivity index (χ1v) is 5.89. The number of hydrogen-bond donors (Lipinski definition) is 1. The normalized spacial score (nSPS) is 10.6. The number of nitrogens with one attached hydrogen (secondary N) is 1. The number of halogens is 2. The van der Waals surface area contributed by atoms with Crippen LogP contribution in [0.4, 0.5) is 14.5 Å². The van der Waals surface area contributed by atoms with E-state index in [0.717, 1.165) is 24.7 Å². The number of aromatic nitrogens is 2. The number of rotatable bonds is 5. The highest BCUT2D eigenvalue weighted by molar-refractivity contribution is 5.43. The number of aryl methyl sites for hydroxylation is 1. The van der Waals surface area contributed by atoms with Gasteiger partial charge in [-0.1, -0.05) is 6.92 Å². The molecule has 0 aliphatic rings. The minimum atomic E-state index is -0.584. The van der Waals surface area contributed by atoms with Gasteiger partial charge in [0, 0.05) is 24.5 Å². The highest BCUT2D eigenvalue weighted by Crippen LogP contribution is 2.14. The molecule has 0 bridgehead atoms. The number of nitrogens with zero attached hydrogens (tertiary/aromatic N) is 2. The Bertz CT molecular complexity index is 502. The Morgan fingerprint density at radius 2 is 1.94 bits per heavy atom. The Balaban J connectivity index is 2.04. The van der Waals surface area contributed by atoms with Crippen LogP contribution in [0.1, 0.15) is 19.0 Å².